The van der Waals surface area contributed by atoms with Gasteiger partial charge in [0.2, 0.25) is 11.5 Å². The molecule has 0 unspecified atom stereocenters. The van der Waals surface area contributed by atoms with Crippen LogP contribution in [0.2, 0.25) is 0 Å². The average Bonchev–Trinajstić information content (AvgIpc) is 3.23. The Kier molecular flexibility index (Phi) is 7.55. The largest absolute Gasteiger partial charge is 0.490 e. The molecule has 2 aromatic carbocycles. The van der Waals surface area contributed by atoms with E-state index < -0.39 is 12.1 Å². The number of benzene rings is 2. The van der Waals surface area contributed by atoms with Crippen LogP contribution in [0.1, 0.15) is 66.0 Å². The standard InChI is InChI=1S/C25H30O6/c1-5-28-21-14-20(15-22(29-6-2)24(21)30-7-3)25(27)31-16(4)23(26)19-12-11-17-9-8-10-18(17)13-19/h11-16H,5-10H2,1-4H3/t16-/m1/s1. The van der Waals surface area contributed by atoms with E-state index in [0.717, 1.165) is 19.3 Å². The lowest BCUT2D eigenvalue weighted by Crippen LogP contribution is -2.24. The lowest BCUT2D eigenvalue weighted by atomic mass is 10.0. The first-order valence-corrected chi connectivity index (χ1v) is 10.9. The molecule has 1 aliphatic carbocycles. The van der Waals surface area contributed by atoms with Crippen LogP contribution in [0.3, 0.4) is 0 Å². The van der Waals surface area contributed by atoms with Crippen molar-refractivity contribution in [3.63, 3.8) is 0 Å². The number of Topliss-reactive ketones (excluding diaryl/α,β-unsaturated/α-hetero) is 1. The van der Waals surface area contributed by atoms with E-state index in [9.17, 15) is 9.59 Å². The Hall–Kier alpha value is -3.02. The molecule has 0 radical (unpaired) electrons. The summed E-state index contributed by atoms with van der Waals surface area (Å²) >= 11 is 0. The van der Waals surface area contributed by atoms with Gasteiger partial charge in [-0.25, -0.2) is 4.79 Å². The number of ketones is 1. The second kappa shape index (κ2) is 10.3. The fraction of sp³-hybridized carbons (Fsp3) is 0.440. The van der Waals surface area contributed by atoms with Crippen LogP contribution < -0.4 is 14.2 Å². The molecule has 0 saturated carbocycles. The molecule has 0 aliphatic heterocycles. The monoisotopic (exact) mass is 426 g/mol. The molecule has 0 bridgehead atoms. The highest BCUT2D eigenvalue weighted by Gasteiger charge is 2.24. The summed E-state index contributed by atoms with van der Waals surface area (Å²) in [6, 6.07) is 8.86. The molecule has 6 heteroatoms. The lowest BCUT2D eigenvalue weighted by Gasteiger charge is -2.18. The maximum atomic E-state index is 12.8. The highest BCUT2D eigenvalue weighted by Crippen LogP contribution is 2.39. The number of carbonyl (C=O) groups excluding carboxylic acids is 2. The molecule has 2 aromatic rings. The van der Waals surface area contributed by atoms with Crippen LogP contribution in [0.25, 0.3) is 0 Å². The minimum Gasteiger partial charge on any atom is -0.490 e. The van der Waals surface area contributed by atoms with Crippen molar-refractivity contribution < 1.29 is 28.5 Å². The van der Waals surface area contributed by atoms with Crippen LogP contribution >= 0.6 is 0 Å². The van der Waals surface area contributed by atoms with E-state index in [4.69, 9.17) is 18.9 Å². The molecule has 3 rings (SSSR count). The van der Waals surface area contributed by atoms with Crippen LogP contribution in [-0.2, 0) is 17.6 Å². The predicted octanol–water partition coefficient (Wildman–Crippen LogP) is 4.80. The Morgan fingerprint density at radius 3 is 2.06 bits per heavy atom. The minimum absolute atomic E-state index is 0.218. The van der Waals surface area contributed by atoms with E-state index >= 15 is 0 Å². The number of fused-ring (bicyclic) bond motifs is 1. The van der Waals surface area contributed by atoms with E-state index in [0.29, 0.717) is 42.6 Å². The number of ether oxygens (including phenoxy) is 4. The fourth-order valence-electron chi connectivity index (χ4n) is 3.75. The van der Waals surface area contributed by atoms with Gasteiger partial charge >= 0.3 is 5.97 Å². The van der Waals surface area contributed by atoms with Gasteiger partial charge in [-0.3, -0.25) is 4.79 Å². The zero-order chi connectivity index (χ0) is 22.4. The van der Waals surface area contributed by atoms with Crippen molar-refractivity contribution in [1.29, 1.82) is 0 Å². The van der Waals surface area contributed by atoms with Crippen LogP contribution in [0.15, 0.2) is 30.3 Å². The number of hydrogen-bond acceptors (Lipinski definition) is 6. The van der Waals surface area contributed by atoms with Gasteiger partial charge in [0.15, 0.2) is 17.6 Å². The third-order valence-corrected chi connectivity index (χ3v) is 5.18. The minimum atomic E-state index is -0.912. The first-order chi connectivity index (χ1) is 15.0. The summed E-state index contributed by atoms with van der Waals surface area (Å²) in [4.78, 5) is 25.7. The maximum Gasteiger partial charge on any atom is 0.339 e. The van der Waals surface area contributed by atoms with Gasteiger partial charge in [0.05, 0.1) is 25.4 Å². The number of rotatable bonds is 10. The summed E-state index contributed by atoms with van der Waals surface area (Å²) in [5, 5.41) is 0. The highest BCUT2D eigenvalue weighted by molar-refractivity contribution is 6.01. The van der Waals surface area contributed by atoms with Crippen molar-refractivity contribution in [2.24, 2.45) is 0 Å². The van der Waals surface area contributed by atoms with Gasteiger partial charge in [-0.05, 0) is 76.3 Å². The summed E-state index contributed by atoms with van der Waals surface area (Å²) < 4.78 is 22.5. The number of aryl methyl sites for hydroxylation is 2. The van der Waals surface area contributed by atoms with E-state index in [1.807, 2.05) is 39.0 Å². The molecule has 31 heavy (non-hydrogen) atoms. The van der Waals surface area contributed by atoms with Crippen LogP contribution in [0.4, 0.5) is 0 Å². The molecular formula is C25H30O6. The van der Waals surface area contributed by atoms with Gasteiger partial charge < -0.3 is 18.9 Å². The third-order valence-electron chi connectivity index (χ3n) is 5.18. The van der Waals surface area contributed by atoms with Gasteiger partial charge in [-0.2, -0.15) is 0 Å². The number of hydrogen-bond donors (Lipinski definition) is 0. The van der Waals surface area contributed by atoms with Crippen LogP contribution in [0, 0.1) is 0 Å². The summed E-state index contributed by atoms with van der Waals surface area (Å²) in [5.74, 6) is 0.417. The predicted molar refractivity (Wildman–Crippen MR) is 118 cm³/mol. The average molecular weight is 427 g/mol. The zero-order valence-electron chi connectivity index (χ0n) is 18.7. The Labute approximate surface area is 183 Å². The SMILES string of the molecule is CCOc1cc(C(=O)O[C@H](C)C(=O)c2ccc3c(c2)CCC3)cc(OCC)c1OCC. The van der Waals surface area contributed by atoms with Crippen LogP contribution in [0.5, 0.6) is 17.2 Å². The smallest absolute Gasteiger partial charge is 0.339 e. The molecule has 0 spiro atoms. The molecule has 1 aliphatic rings. The molecule has 1 atom stereocenters. The highest BCUT2D eigenvalue weighted by atomic mass is 16.6. The van der Waals surface area contributed by atoms with Crippen molar-refractivity contribution in [2.75, 3.05) is 19.8 Å². The van der Waals surface area contributed by atoms with Crippen molar-refractivity contribution in [2.45, 2.75) is 53.1 Å². The molecule has 0 amide bonds. The van der Waals surface area contributed by atoms with Gasteiger partial charge in [0.1, 0.15) is 0 Å². The van der Waals surface area contributed by atoms with E-state index in [-0.39, 0.29) is 11.3 Å². The molecular weight excluding hydrogens is 396 g/mol. The lowest BCUT2D eigenvalue weighted by molar-refractivity contribution is 0.0318. The number of carbonyl (C=O) groups is 2. The number of esters is 1. The zero-order valence-corrected chi connectivity index (χ0v) is 18.7. The molecule has 0 aromatic heterocycles. The van der Waals surface area contributed by atoms with Crippen molar-refractivity contribution in [3.8, 4) is 17.2 Å². The molecule has 0 saturated heterocycles. The summed E-state index contributed by atoms with van der Waals surface area (Å²) in [6.07, 6.45) is 2.23. The second-order valence-corrected chi connectivity index (χ2v) is 7.35. The van der Waals surface area contributed by atoms with Crippen LogP contribution in [-0.4, -0.2) is 37.7 Å². The van der Waals surface area contributed by atoms with E-state index in [2.05, 4.69) is 0 Å². The van der Waals surface area contributed by atoms with Gasteiger partial charge in [-0.15, -0.1) is 0 Å². The first-order valence-electron chi connectivity index (χ1n) is 10.9. The van der Waals surface area contributed by atoms with Gasteiger partial charge in [0.25, 0.3) is 0 Å². The summed E-state index contributed by atoms with van der Waals surface area (Å²) in [5.41, 5.74) is 3.31. The van der Waals surface area contributed by atoms with Crippen molar-refractivity contribution in [3.05, 3.63) is 52.6 Å². The molecule has 166 valence electrons. The Bertz CT molecular complexity index is 922. The van der Waals surface area contributed by atoms with Gasteiger partial charge in [0, 0.05) is 5.56 Å². The van der Waals surface area contributed by atoms with E-state index in [1.54, 1.807) is 19.1 Å². The molecule has 6 nitrogen and oxygen atoms in total. The molecule has 0 fully saturated rings. The Morgan fingerprint density at radius 2 is 1.45 bits per heavy atom. The third kappa shape index (κ3) is 5.19. The quantitative estimate of drug-likeness (QED) is 0.401. The first kappa shape index (κ1) is 22.7. The summed E-state index contributed by atoms with van der Waals surface area (Å²) in [6.45, 7) is 8.37. The topological polar surface area (TPSA) is 71.1 Å². The Morgan fingerprint density at radius 1 is 0.839 bits per heavy atom. The van der Waals surface area contributed by atoms with E-state index in [1.165, 1.54) is 11.1 Å². The molecule has 0 heterocycles. The second-order valence-electron chi connectivity index (χ2n) is 7.35. The van der Waals surface area contributed by atoms with Gasteiger partial charge in [-0.1, -0.05) is 12.1 Å². The molecule has 0 N–H and O–H groups in total. The summed E-state index contributed by atoms with van der Waals surface area (Å²) in [7, 11) is 0. The van der Waals surface area contributed by atoms with Crippen molar-refractivity contribution in [1.82, 2.24) is 0 Å². The van der Waals surface area contributed by atoms with Crippen molar-refractivity contribution >= 4 is 11.8 Å². The normalized spacial score (nSPS) is 13.3. The maximum absolute atomic E-state index is 12.8. The Balaban J connectivity index is 1.80. The fourth-order valence-corrected chi connectivity index (χ4v) is 3.75.